The predicted octanol–water partition coefficient (Wildman–Crippen LogP) is -3.72. The Hall–Kier alpha value is -4.36. The molecule has 0 saturated carbocycles. The number of primary amides is 1. The SMILES string of the molecule is CC(C)C[C@H](NC(=O)[C@H](C)N)C(=O)N[C@@H](CCCCN)C(=O)N1CCC[C@H]1C(=O)N[C@@H](CC(N)=O)C(=O)N[C@H](C(=O)N[C@@H](C)C(=O)O)[C@@H](C)O. The molecular formula is C31H55N9O10. The number of unbranched alkanes of at least 4 members (excludes halogenated alkanes) is 1. The number of carboxylic acids is 1. The van der Waals surface area contributed by atoms with Crippen LogP contribution in [0.1, 0.15) is 79.6 Å². The molecule has 0 radical (unpaired) electrons. The van der Waals surface area contributed by atoms with Gasteiger partial charge in [-0.3, -0.25) is 38.4 Å². The molecule has 1 rings (SSSR count). The van der Waals surface area contributed by atoms with Crippen LogP contribution in [0.3, 0.4) is 0 Å². The standard InChI is InChI=1S/C31H55N9O10/c1-15(2)13-20(37-25(43)16(3)33)26(44)36-19(9-6-7-11-32)30(48)40-12-8-10-22(40)28(46)38-21(14-23(34)42)27(45)39-24(18(5)41)29(47)35-17(4)31(49)50/h15-22,24,41H,6-14,32-33H2,1-5H3,(H2,34,42)(H,35,47)(H,36,44)(H,37,43)(H,38,46)(H,39,45)(H,49,50)/t16-,17-,18+,19-,20-,21-,22-,24-/m0/s1. The molecule has 1 saturated heterocycles. The van der Waals surface area contributed by atoms with E-state index in [1.807, 2.05) is 13.8 Å². The van der Waals surface area contributed by atoms with Gasteiger partial charge in [0, 0.05) is 6.54 Å². The Morgan fingerprint density at radius 1 is 0.800 bits per heavy atom. The fourth-order valence-corrected chi connectivity index (χ4v) is 5.23. The van der Waals surface area contributed by atoms with E-state index in [0.717, 1.165) is 0 Å². The zero-order valence-electron chi connectivity index (χ0n) is 29.4. The van der Waals surface area contributed by atoms with Crippen molar-refractivity contribution in [2.45, 2.75) is 128 Å². The first-order valence-corrected chi connectivity index (χ1v) is 16.8. The first-order valence-electron chi connectivity index (χ1n) is 16.8. The maximum atomic E-state index is 13.9. The molecule has 7 amide bonds. The molecule has 50 heavy (non-hydrogen) atoms. The van der Waals surface area contributed by atoms with Crippen molar-refractivity contribution < 1.29 is 48.6 Å². The minimum Gasteiger partial charge on any atom is -0.480 e. The molecule has 0 unspecified atom stereocenters. The Balaban J connectivity index is 3.23. The number of hydrogen-bond donors (Lipinski definition) is 10. The molecule has 0 spiro atoms. The van der Waals surface area contributed by atoms with Crippen molar-refractivity contribution in [2.75, 3.05) is 13.1 Å². The van der Waals surface area contributed by atoms with Gasteiger partial charge in [0.1, 0.15) is 36.3 Å². The topological polar surface area (TPSA) is 318 Å². The number of carboxylic acid groups (broad SMARTS) is 1. The van der Waals surface area contributed by atoms with Gasteiger partial charge in [-0.1, -0.05) is 13.8 Å². The van der Waals surface area contributed by atoms with Crippen LogP contribution >= 0.6 is 0 Å². The third kappa shape index (κ3) is 14.2. The van der Waals surface area contributed by atoms with E-state index in [4.69, 9.17) is 22.3 Å². The zero-order chi connectivity index (χ0) is 38.3. The molecule has 0 aromatic carbocycles. The fourth-order valence-electron chi connectivity index (χ4n) is 5.23. The predicted molar refractivity (Wildman–Crippen MR) is 179 cm³/mol. The molecule has 1 heterocycles. The van der Waals surface area contributed by atoms with Crippen molar-refractivity contribution in [3.8, 4) is 0 Å². The highest BCUT2D eigenvalue weighted by Crippen LogP contribution is 2.21. The third-order valence-electron chi connectivity index (χ3n) is 7.98. The molecule has 19 heteroatoms. The van der Waals surface area contributed by atoms with Crippen molar-refractivity contribution in [1.82, 2.24) is 31.5 Å². The van der Waals surface area contributed by atoms with E-state index in [2.05, 4.69) is 26.6 Å². The highest BCUT2D eigenvalue weighted by Gasteiger charge is 2.40. The van der Waals surface area contributed by atoms with Crippen LogP contribution in [0.25, 0.3) is 0 Å². The molecule has 284 valence electrons. The normalized spacial score (nSPS) is 18.4. The van der Waals surface area contributed by atoms with Gasteiger partial charge in [0.2, 0.25) is 41.4 Å². The Labute approximate surface area is 291 Å². The number of likely N-dealkylation sites (tertiary alicyclic amines) is 1. The summed E-state index contributed by atoms with van der Waals surface area (Å²) in [5.74, 6) is -7.01. The Kier molecular flexibility index (Phi) is 18.3. The van der Waals surface area contributed by atoms with Gasteiger partial charge >= 0.3 is 5.97 Å². The van der Waals surface area contributed by atoms with Crippen LogP contribution in [0, 0.1) is 5.92 Å². The number of nitrogens with one attached hydrogen (secondary N) is 5. The van der Waals surface area contributed by atoms with E-state index >= 15 is 0 Å². The maximum Gasteiger partial charge on any atom is 0.325 e. The van der Waals surface area contributed by atoms with Crippen LogP contribution in [0.2, 0.25) is 0 Å². The van der Waals surface area contributed by atoms with Gasteiger partial charge in [0.05, 0.1) is 18.6 Å². The van der Waals surface area contributed by atoms with Gasteiger partial charge in [0.15, 0.2) is 0 Å². The lowest BCUT2D eigenvalue weighted by atomic mass is 10.0. The molecule has 0 aliphatic carbocycles. The smallest absolute Gasteiger partial charge is 0.325 e. The molecule has 1 aliphatic heterocycles. The summed E-state index contributed by atoms with van der Waals surface area (Å²) in [5.41, 5.74) is 16.6. The van der Waals surface area contributed by atoms with Gasteiger partial charge in [-0.25, -0.2) is 0 Å². The van der Waals surface area contributed by atoms with Gasteiger partial charge < -0.3 is 58.9 Å². The lowest BCUT2D eigenvalue weighted by Crippen LogP contribution is -2.61. The van der Waals surface area contributed by atoms with Crippen LogP contribution < -0.4 is 43.8 Å². The largest absolute Gasteiger partial charge is 0.480 e. The number of rotatable bonds is 21. The number of aliphatic carboxylic acids is 1. The van der Waals surface area contributed by atoms with E-state index in [9.17, 15) is 43.5 Å². The lowest BCUT2D eigenvalue weighted by molar-refractivity contribution is -0.143. The van der Waals surface area contributed by atoms with Crippen LogP contribution in [-0.2, 0) is 38.4 Å². The average Bonchev–Trinajstić information content (AvgIpc) is 3.51. The number of aliphatic hydroxyl groups is 1. The van der Waals surface area contributed by atoms with Gasteiger partial charge in [-0.15, -0.1) is 0 Å². The number of nitrogens with two attached hydrogens (primary N) is 3. The van der Waals surface area contributed by atoms with Crippen molar-refractivity contribution in [2.24, 2.45) is 23.1 Å². The Morgan fingerprint density at radius 2 is 1.40 bits per heavy atom. The van der Waals surface area contributed by atoms with Gasteiger partial charge in [-0.05, 0) is 71.8 Å². The monoisotopic (exact) mass is 713 g/mol. The van der Waals surface area contributed by atoms with Crippen molar-refractivity contribution >= 4 is 47.3 Å². The lowest BCUT2D eigenvalue weighted by Gasteiger charge is -2.31. The first-order chi connectivity index (χ1) is 23.3. The van der Waals surface area contributed by atoms with Crippen molar-refractivity contribution in [1.29, 1.82) is 0 Å². The minimum absolute atomic E-state index is 0.00119. The van der Waals surface area contributed by atoms with Gasteiger partial charge in [-0.2, -0.15) is 0 Å². The van der Waals surface area contributed by atoms with Crippen LogP contribution in [0.15, 0.2) is 0 Å². The highest BCUT2D eigenvalue weighted by molar-refractivity contribution is 5.98. The summed E-state index contributed by atoms with van der Waals surface area (Å²) in [7, 11) is 0. The summed E-state index contributed by atoms with van der Waals surface area (Å²) in [5, 5.41) is 31.3. The molecule has 0 aromatic rings. The summed E-state index contributed by atoms with van der Waals surface area (Å²) in [4.78, 5) is 103. The number of carbonyl (C=O) groups is 8. The van der Waals surface area contributed by atoms with Crippen LogP contribution in [0.5, 0.6) is 0 Å². The fraction of sp³-hybridized carbons (Fsp3) is 0.742. The second kappa shape index (κ2) is 21.0. The number of nitrogens with zero attached hydrogens (tertiary/aromatic N) is 1. The van der Waals surface area contributed by atoms with E-state index in [-0.39, 0.29) is 31.7 Å². The number of hydrogen-bond acceptors (Lipinski definition) is 11. The average molecular weight is 714 g/mol. The summed E-state index contributed by atoms with van der Waals surface area (Å²) < 4.78 is 0. The molecular weight excluding hydrogens is 658 g/mol. The molecule has 1 aliphatic rings. The summed E-state index contributed by atoms with van der Waals surface area (Å²) >= 11 is 0. The van der Waals surface area contributed by atoms with Crippen LogP contribution in [-0.4, -0.2) is 124 Å². The van der Waals surface area contributed by atoms with Crippen molar-refractivity contribution in [3.05, 3.63) is 0 Å². The highest BCUT2D eigenvalue weighted by atomic mass is 16.4. The van der Waals surface area contributed by atoms with Crippen LogP contribution in [0.4, 0.5) is 0 Å². The second-order valence-electron chi connectivity index (χ2n) is 13.0. The zero-order valence-corrected chi connectivity index (χ0v) is 29.4. The Morgan fingerprint density at radius 3 is 1.92 bits per heavy atom. The van der Waals surface area contributed by atoms with E-state index < -0.39 is 102 Å². The summed E-state index contributed by atoms with van der Waals surface area (Å²) in [6, 6.07) is -8.71. The molecule has 0 bridgehead atoms. The maximum absolute atomic E-state index is 13.9. The number of aliphatic hydroxyl groups excluding tert-OH is 1. The van der Waals surface area contributed by atoms with Crippen molar-refractivity contribution in [3.63, 3.8) is 0 Å². The molecule has 0 aromatic heterocycles. The summed E-state index contributed by atoms with van der Waals surface area (Å²) in [6.07, 6.45) is -0.189. The Bertz CT molecular complexity index is 1230. The summed E-state index contributed by atoms with van der Waals surface area (Å²) in [6.45, 7) is 8.00. The number of carbonyl (C=O) groups excluding carboxylic acids is 7. The molecule has 13 N–H and O–H groups in total. The third-order valence-corrected chi connectivity index (χ3v) is 7.98. The number of amides is 7. The van der Waals surface area contributed by atoms with E-state index in [1.54, 1.807) is 0 Å². The van der Waals surface area contributed by atoms with Gasteiger partial charge in [0.25, 0.3) is 0 Å². The molecule has 1 fully saturated rings. The second-order valence-corrected chi connectivity index (χ2v) is 13.0. The molecule has 8 atom stereocenters. The first kappa shape index (κ1) is 43.7. The van der Waals surface area contributed by atoms with E-state index in [1.165, 1.54) is 25.7 Å². The van der Waals surface area contributed by atoms with E-state index in [0.29, 0.717) is 25.8 Å². The quantitative estimate of drug-likeness (QED) is 0.0514. The minimum atomic E-state index is -1.66. The molecule has 19 nitrogen and oxygen atoms in total.